The van der Waals surface area contributed by atoms with Gasteiger partial charge in [0.2, 0.25) is 11.4 Å². The van der Waals surface area contributed by atoms with E-state index >= 15 is 0 Å². The lowest BCUT2D eigenvalue weighted by molar-refractivity contribution is 0.653. The highest BCUT2D eigenvalue weighted by Gasteiger charge is 2.23. The van der Waals surface area contributed by atoms with Crippen molar-refractivity contribution in [3.05, 3.63) is 352 Å². The molecular weight excluding hydrogens is 1220 g/mol. The number of nitrogens with zero attached hydrogens (tertiary/aromatic N) is 6. The molecule has 8 nitrogen and oxygen atoms in total. The Labute approximate surface area is 575 Å². The largest absolute Gasteiger partial charge is 0.438 e. The van der Waals surface area contributed by atoms with Crippen molar-refractivity contribution < 1.29 is 8.83 Å². The monoisotopic (exact) mass is 1280 g/mol. The van der Waals surface area contributed by atoms with E-state index < -0.39 is 0 Å². The average molecular weight is 1280 g/mol. The summed E-state index contributed by atoms with van der Waals surface area (Å²) in [6.45, 7) is 0. The number of rotatable bonds is 10. The van der Waals surface area contributed by atoms with E-state index in [1.54, 1.807) is 0 Å². The third-order valence-corrected chi connectivity index (χ3v) is 19.2. The van der Waals surface area contributed by atoms with E-state index in [-0.39, 0.29) is 0 Å². The molecule has 0 bridgehead atoms. The fraction of sp³-hybridized carbons (Fsp3) is 0. The normalized spacial score (nSPS) is 11.6. The first kappa shape index (κ1) is 57.9. The van der Waals surface area contributed by atoms with Crippen LogP contribution in [-0.4, -0.2) is 29.1 Å². The first-order chi connectivity index (χ1) is 49.6. The van der Waals surface area contributed by atoms with Crippen LogP contribution in [0.25, 0.3) is 189 Å². The maximum absolute atomic E-state index is 6.31. The molecule has 0 unspecified atom stereocenters. The van der Waals surface area contributed by atoms with Crippen LogP contribution in [0.15, 0.2) is 361 Å². The second-order valence-electron chi connectivity index (χ2n) is 25.2. The lowest BCUT2D eigenvalue weighted by atomic mass is 9.96. The molecular formula is C92H58N6O2. The number of benzene rings is 14. The Kier molecular flexibility index (Phi) is 14.0. The Morgan fingerprint density at radius 2 is 0.500 bits per heavy atom. The van der Waals surface area contributed by atoms with Crippen molar-refractivity contribution in [2.24, 2.45) is 0 Å². The molecule has 0 atom stereocenters. The summed E-state index contributed by atoms with van der Waals surface area (Å²) in [7, 11) is 0. The molecule has 14 aromatic carbocycles. The van der Waals surface area contributed by atoms with Crippen LogP contribution in [0.1, 0.15) is 0 Å². The third kappa shape index (κ3) is 10.2. The van der Waals surface area contributed by atoms with E-state index in [0.717, 1.165) is 100.0 Å². The average Bonchev–Trinajstić information content (AvgIpc) is 1.59. The van der Waals surface area contributed by atoms with E-state index in [2.05, 4.69) is 264 Å². The lowest BCUT2D eigenvalue weighted by Gasteiger charge is -2.11. The summed E-state index contributed by atoms with van der Waals surface area (Å²) < 4.78 is 17.3. The molecule has 20 aromatic rings. The lowest BCUT2D eigenvalue weighted by Crippen LogP contribution is -1.94. The molecule has 0 amide bonds. The minimum atomic E-state index is 0.588. The summed E-state index contributed by atoms with van der Waals surface area (Å²) in [6, 6.07) is 123. The molecule has 6 aromatic heterocycles. The summed E-state index contributed by atoms with van der Waals surface area (Å²) in [4.78, 5) is 20.1. The van der Waals surface area contributed by atoms with Gasteiger partial charge in [0, 0.05) is 65.9 Å². The van der Waals surface area contributed by atoms with Crippen molar-refractivity contribution in [2.75, 3.05) is 0 Å². The van der Waals surface area contributed by atoms with Crippen LogP contribution in [0, 0.1) is 0 Å². The van der Waals surface area contributed by atoms with Gasteiger partial charge in [-0.1, -0.05) is 255 Å². The maximum atomic E-state index is 6.31. The summed E-state index contributed by atoms with van der Waals surface area (Å²) in [5.41, 5.74) is 24.7. The second kappa shape index (κ2) is 24.3. The Bertz CT molecular complexity index is 6510. The molecule has 0 aliphatic heterocycles. The van der Waals surface area contributed by atoms with Crippen molar-refractivity contribution >= 4 is 87.7 Å². The molecule has 8 heteroatoms. The Balaban J connectivity index is 0.000000139. The van der Waals surface area contributed by atoms with Crippen molar-refractivity contribution in [2.45, 2.75) is 0 Å². The van der Waals surface area contributed by atoms with Gasteiger partial charge in [-0.2, -0.15) is 9.97 Å². The fourth-order valence-electron chi connectivity index (χ4n) is 14.5. The molecule has 468 valence electrons. The van der Waals surface area contributed by atoms with Gasteiger partial charge < -0.3 is 18.0 Å². The zero-order valence-electron chi connectivity index (χ0n) is 54.0. The smallest absolute Gasteiger partial charge is 0.231 e. The zero-order chi connectivity index (χ0) is 66.0. The van der Waals surface area contributed by atoms with E-state index in [9.17, 15) is 0 Å². The van der Waals surface area contributed by atoms with Gasteiger partial charge in [-0.25, -0.2) is 9.97 Å². The molecule has 0 aliphatic rings. The quantitative estimate of drug-likeness (QED) is 0.136. The summed E-state index contributed by atoms with van der Waals surface area (Å²) in [5, 5.41) is 8.78. The van der Waals surface area contributed by atoms with Gasteiger partial charge in [-0.05, 0) is 142 Å². The topological polar surface area (TPSA) is 87.7 Å². The molecule has 0 fully saturated rings. The van der Waals surface area contributed by atoms with Crippen LogP contribution in [0.3, 0.4) is 0 Å². The highest BCUT2D eigenvalue weighted by molar-refractivity contribution is 6.15. The maximum Gasteiger partial charge on any atom is 0.231 e. The number of aromatic nitrogens is 6. The molecule has 0 aliphatic carbocycles. The Hall–Kier alpha value is -13.6. The van der Waals surface area contributed by atoms with Gasteiger partial charge in [0.05, 0.1) is 44.2 Å². The Morgan fingerprint density at radius 3 is 0.930 bits per heavy atom. The van der Waals surface area contributed by atoms with E-state index in [1.165, 1.54) is 65.9 Å². The second-order valence-corrected chi connectivity index (χ2v) is 25.2. The van der Waals surface area contributed by atoms with Crippen molar-refractivity contribution in [3.63, 3.8) is 0 Å². The van der Waals surface area contributed by atoms with Gasteiger partial charge in [0.15, 0.2) is 11.6 Å². The number of furan rings is 2. The predicted octanol–water partition coefficient (Wildman–Crippen LogP) is 24.3. The standard InChI is InChI=1S/2C46H29N3O/c1-4-13-30(14-5-1)33-23-25-40-38(28-33)39-29-34(24-26-41(39)49(40)36-19-8-3-9-20-36)32-17-12-18-35(27-32)44-43-37-21-10-11-22-42(37)50-46(43)48-45(47-44)31-15-6-2-7-16-31;1-3-13-30(14-4-1)45-47-44(43-38-22-8-10-24-42(38)50-46(43)48-45)35-18-12-17-33(28-35)31-15-11-16-32(27-31)34-25-26-41-39(29-34)37-21-7-9-23-40(37)49(41)36-19-5-2-6-20-36/h2*1-29H. The number of hydrogen-bond acceptors (Lipinski definition) is 6. The summed E-state index contributed by atoms with van der Waals surface area (Å²) in [5.74, 6) is 1.28. The van der Waals surface area contributed by atoms with Gasteiger partial charge in [-0.15, -0.1) is 0 Å². The number of para-hydroxylation sites is 5. The van der Waals surface area contributed by atoms with E-state index in [1.807, 2.05) is 97.1 Å². The van der Waals surface area contributed by atoms with Crippen molar-refractivity contribution in [1.29, 1.82) is 0 Å². The van der Waals surface area contributed by atoms with Gasteiger partial charge in [0.25, 0.3) is 0 Å². The summed E-state index contributed by atoms with van der Waals surface area (Å²) >= 11 is 0. The SMILES string of the molecule is c1ccc(-c2ccc3c(c2)c2cc(-c4cccc(-c5nc(-c6ccccc6)nc6oc7ccccc7c56)c4)ccc2n3-c2ccccc2)cc1.c1ccc(-c2nc(-c3cccc(-c4cccc(-c5ccc6c(c5)c5ccccc5n6-c5ccccc5)c4)c3)c3c(n2)oc2ccccc23)cc1. The number of hydrogen-bond donors (Lipinski definition) is 0. The molecule has 0 spiro atoms. The molecule has 0 saturated carbocycles. The fourth-order valence-corrected chi connectivity index (χ4v) is 14.5. The highest BCUT2D eigenvalue weighted by Crippen LogP contribution is 2.43. The van der Waals surface area contributed by atoms with Crippen LogP contribution >= 0.6 is 0 Å². The van der Waals surface area contributed by atoms with Gasteiger partial charge >= 0.3 is 0 Å². The molecule has 0 N–H and O–H groups in total. The first-order valence-corrected chi connectivity index (χ1v) is 33.7. The molecule has 0 saturated heterocycles. The zero-order valence-corrected chi connectivity index (χ0v) is 54.0. The van der Waals surface area contributed by atoms with Gasteiger partial charge in [0.1, 0.15) is 11.2 Å². The summed E-state index contributed by atoms with van der Waals surface area (Å²) in [6.07, 6.45) is 0. The van der Waals surface area contributed by atoms with Crippen LogP contribution in [0.4, 0.5) is 0 Å². The predicted molar refractivity (Wildman–Crippen MR) is 411 cm³/mol. The van der Waals surface area contributed by atoms with Crippen molar-refractivity contribution in [3.8, 4) is 101 Å². The molecule has 100 heavy (non-hydrogen) atoms. The van der Waals surface area contributed by atoms with Crippen LogP contribution in [0.5, 0.6) is 0 Å². The molecule has 0 radical (unpaired) electrons. The van der Waals surface area contributed by atoms with Crippen molar-refractivity contribution in [1.82, 2.24) is 29.1 Å². The first-order valence-electron chi connectivity index (χ1n) is 33.7. The Morgan fingerprint density at radius 1 is 0.200 bits per heavy atom. The van der Waals surface area contributed by atoms with Crippen LogP contribution in [0.2, 0.25) is 0 Å². The minimum absolute atomic E-state index is 0.588. The molecule has 6 heterocycles. The third-order valence-electron chi connectivity index (χ3n) is 19.2. The highest BCUT2D eigenvalue weighted by atomic mass is 16.3. The van der Waals surface area contributed by atoms with E-state index in [4.69, 9.17) is 28.8 Å². The minimum Gasteiger partial charge on any atom is -0.438 e. The molecule has 20 rings (SSSR count). The van der Waals surface area contributed by atoms with Crippen LogP contribution < -0.4 is 0 Å². The van der Waals surface area contributed by atoms with Gasteiger partial charge in [-0.3, -0.25) is 0 Å². The van der Waals surface area contributed by atoms with Crippen LogP contribution in [-0.2, 0) is 0 Å². The van der Waals surface area contributed by atoms with E-state index in [0.29, 0.717) is 23.1 Å². The number of fused-ring (bicyclic) bond motifs is 12.